The number of ether oxygens (including phenoxy) is 1. The minimum absolute atomic E-state index is 0.0270. The van der Waals surface area contributed by atoms with Crippen LogP contribution in [0.4, 0.5) is 5.69 Å². The number of rotatable bonds is 6. The van der Waals surface area contributed by atoms with Crippen LogP contribution in [0.2, 0.25) is 0 Å². The molecule has 1 N–H and O–H groups in total. The van der Waals surface area contributed by atoms with Crippen molar-refractivity contribution in [2.75, 3.05) is 5.32 Å². The number of hydrogen-bond acceptors (Lipinski definition) is 3. The number of hydrogen-bond donors (Lipinski definition) is 1. The second-order valence-corrected chi connectivity index (χ2v) is 10.8. The number of anilines is 1. The predicted molar refractivity (Wildman–Crippen MR) is 139 cm³/mol. The van der Waals surface area contributed by atoms with Crippen molar-refractivity contribution in [1.29, 1.82) is 0 Å². The van der Waals surface area contributed by atoms with Gasteiger partial charge in [0.25, 0.3) is 5.91 Å². The fraction of sp³-hybridized carbons (Fsp3) is 0.333. The Morgan fingerprint density at radius 3 is 1.79 bits per heavy atom. The Bertz CT molecular complexity index is 1150. The van der Waals surface area contributed by atoms with E-state index in [-0.39, 0.29) is 22.5 Å². The van der Waals surface area contributed by atoms with Crippen molar-refractivity contribution in [2.45, 2.75) is 65.4 Å². The van der Waals surface area contributed by atoms with Crippen LogP contribution in [0, 0.1) is 0 Å². The minimum atomic E-state index is -0.690. The topological polar surface area (TPSA) is 55.4 Å². The van der Waals surface area contributed by atoms with Crippen molar-refractivity contribution in [3.63, 3.8) is 0 Å². The van der Waals surface area contributed by atoms with E-state index in [9.17, 15) is 9.59 Å². The molecule has 0 saturated heterocycles. The first kappa shape index (κ1) is 25.2. The van der Waals surface area contributed by atoms with Crippen LogP contribution in [-0.2, 0) is 15.6 Å². The van der Waals surface area contributed by atoms with E-state index in [0.29, 0.717) is 22.6 Å². The van der Waals surface area contributed by atoms with Gasteiger partial charge in [-0.2, -0.15) is 0 Å². The molecule has 0 unspecified atom stereocenters. The lowest BCUT2D eigenvalue weighted by atomic mass is 9.86. The summed E-state index contributed by atoms with van der Waals surface area (Å²) in [5.41, 5.74) is 4.15. The Labute approximate surface area is 203 Å². The van der Waals surface area contributed by atoms with Crippen LogP contribution in [0.5, 0.6) is 5.75 Å². The van der Waals surface area contributed by atoms with Crippen LogP contribution in [0.15, 0.2) is 72.8 Å². The summed E-state index contributed by atoms with van der Waals surface area (Å²) in [5, 5.41) is 2.86. The number of carbonyl (C=O) groups excluding carboxylic acids is 2. The molecule has 4 heteroatoms. The van der Waals surface area contributed by atoms with Gasteiger partial charge in [-0.3, -0.25) is 9.59 Å². The number of carbonyl (C=O) groups is 2. The lowest BCUT2D eigenvalue weighted by Crippen LogP contribution is -2.30. The normalized spacial score (nSPS) is 12.7. The number of amides is 1. The van der Waals surface area contributed by atoms with E-state index in [4.69, 9.17) is 4.74 Å². The third-order valence-electron chi connectivity index (χ3n) is 5.81. The molecule has 1 amide bonds. The molecular weight excluding hydrogens is 422 g/mol. The van der Waals surface area contributed by atoms with Gasteiger partial charge < -0.3 is 10.1 Å². The molecule has 0 spiro atoms. The van der Waals surface area contributed by atoms with Crippen molar-refractivity contribution >= 4 is 17.4 Å². The summed E-state index contributed by atoms with van der Waals surface area (Å²) in [4.78, 5) is 25.7. The van der Waals surface area contributed by atoms with Gasteiger partial charge in [0, 0.05) is 16.8 Å². The summed E-state index contributed by atoms with van der Waals surface area (Å²) in [6.45, 7) is 14.6. The van der Waals surface area contributed by atoms with Crippen LogP contribution >= 0.6 is 0 Å². The van der Waals surface area contributed by atoms with Gasteiger partial charge in [-0.05, 0) is 53.1 Å². The quantitative estimate of drug-likeness (QED) is 0.409. The number of ketones is 1. The molecule has 0 bridgehead atoms. The molecule has 0 radical (unpaired) electrons. The fourth-order valence-corrected chi connectivity index (χ4v) is 3.56. The first-order valence-electron chi connectivity index (χ1n) is 11.7. The van der Waals surface area contributed by atoms with Gasteiger partial charge in [0.2, 0.25) is 0 Å². The van der Waals surface area contributed by atoms with Gasteiger partial charge in [0.1, 0.15) is 5.75 Å². The first-order chi connectivity index (χ1) is 15.8. The second-order valence-electron chi connectivity index (χ2n) is 10.8. The van der Waals surface area contributed by atoms with E-state index < -0.39 is 6.10 Å². The molecule has 0 saturated carbocycles. The fourth-order valence-electron chi connectivity index (χ4n) is 3.56. The maximum Gasteiger partial charge on any atom is 0.265 e. The largest absolute Gasteiger partial charge is 0.481 e. The minimum Gasteiger partial charge on any atom is -0.481 e. The maximum atomic E-state index is 13.0. The molecule has 0 aromatic heterocycles. The third-order valence-corrected chi connectivity index (χ3v) is 5.81. The van der Waals surface area contributed by atoms with Crippen molar-refractivity contribution in [3.8, 4) is 5.75 Å². The zero-order chi connectivity index (χ0) is 25.1. The van der Waals surface area contributed by atoms with Crippen LogP contribution in [0.25, 0.3) is 0 Å². The average Bonchev–Trinajstić information content (AvgIpc) is 2.78. The highest BCUT2D eigenvalue weighted by atomic mass is 16.5. The van der Waals surface area contributed by atoms with Gasteiger partial charge in [-0.25, -0.2) is 0 Å². The molecular formula is C30H35NO3. The van der Waals surface area contributed by atoms with Gasteiger partial charge in [0.05, 0.1) is 0 Å². The summed E-state index contributed by atoms with van der Waals surface area (Å²) in [5.74, 6) is 0.275. The van der Waals surface area contributed by atoms with Crippen molar-refractivity contribution in [1.82, 2.24) is 0 Å². The molecule has 0 aliphatic rings. The van der Waals surface area contributed by atoms with E-state index in [1.807, 2.05) is 48.5 Å². The Hall–Kier alpha value is -3.40. The van der Waals surface area contributed by atoms with E-state index in [2.05, 4.69) is 46.9 Å². The molecule has 0 aliphatic heterocycles. The summed E-state index contributed by atoms with van der Waals surface area (Å²) >= 11 is 0. The van der Waals surface area contributed by atoms with E-state index in [1.165, 1.54) is 11.1 Å². The lowest BCUT2D eigenvalue weighted by molar-refractivity contribution is -0.122. The Morgan fingerprint density at radius 1 is 0.735 bits per heavy atom. The molecule has 3 aromatic rings. The van der Waals surface area contributed by atoms with Gasteiger partial charge >= 0.3 is 0 Å². The molecule has 0 fully saturated rings. The van der Waals surface area contributed by atoms with E-state index in [0.717, 1.165) is 0 Å². The molecule has 34 heavy (non-hydrogen) atoms. The number of benzene rings is 3. The van der Waals surface area contributed by atoms with Crippen molar-refractivity contribution in [3.05, 3.63) is 95.1 Å². The van der Waals surface area contributed by atoms with Crippen molar-refractivity contribution < 1.29 is 14.3 Å². The Morgan fingerprint density at radius 2 is 1.26 bits per heavy atom. The zero-order valence-electron chi connectivity index (χ0n) is 21.2. The molecule has 3 aromatic carbocycles. The van der Waals surface area contributed by atoms with Crippen molar-refractivity contribution in [2.24, 2.45) is 0 Å². The second kappa shape index (κ2) is 9.84. The molecule has 1 atom stereocenters. The summed E-state index contributed by atoms with van der Waals surface area (Å²) in [6.07, 6.45) is -0.690. The standard InChI is InChI=1S/C30H35NO3/c1-20(34-26-17-15-24(16-18-26)30(5,6)7)28(33)31-25-10-8-9-22(19-25)27(32)21-11-13-23(14-12-21)29(2,3)4/h8-20H,1-7H3,(H,31,33)/t20-/m0/s1. The smallest absolute Gasteiger partial charge is 0.265 e. The van der Waals surface area contributed by atoms with Crippen LogP contribution < -0.4 is 10.1 Å². The first-order valence-corrected chi connectivity index (χ1v) is 11.7. The van der Waals surface area contributed by atoms with E-state index >= 15 is 0 Å². The summed E-state index contributed by atoms with van der Waals surface area (Å²) in [6, 6.07) is 22.5. The maximum absolute atomic E-state index is 13.0. The highest BCUT2D eigenvalue weighted by Gasteiger charge is 2.18. The summed E-state index contributed by atoms with van der Waals surface area (Å²) in [7, 11) is 0. The Kier molecular flexibility index (Phi) is 7.30. The highest BCUT2D eigenvalue weighted by Crippen LogP contribution is 2.25. The third kappa shape index (κ3) is 6.34. The van der Waals surface area contributed by atoms with Gasteiger partial charge in [-0.15, -0.1) is 0 Å². The van der Waals surface area contributed by atoms with E-state index in [1.54, 1.807) is 31.2 Å². The molecule has 3 rings (SSSR count). The molecule has 0 heterocycles. The van der Waals surface area contributed by atoms with Gasteiger partial charge in [-0.1, -0.05) is 90.1 Å². The molecule has 0 aliphatic carbocycles. The van der Waals surface area contributed by atoms with Crippen LogP contribution in [0.1, 0.15) is 75.5 Å². The highest BCUT2D eigenvalue weighted by molar-refractivity contribution is 6.09. The monoisotopic (exact) mass is 457 g/mol. The molecule has 4 nitrogen and oxygen atoms in total. The molecule has 178 valence electrons. The Balaban J connectivity index is 1.66. The summed E-state index contributed by atoms with van der Waals surface area (Å²) < 4.78 is 5.82. The zero-order valence-corrected chi connectivity index (χ0v) is 21.2. The average molecular weight is 458 g/mol. The SMILES string of the molecule is C[C@H](Oc1ccc(C(C)(C)C)cc1)C(=O)Nc1cccc(C(=O)c2ccc(C(C)(C)C)cc2)c1. The van der Waals surface area contributed by atoms with Crippen LogP contribution in [0.3, 0.4) is 0 Å². The predicted octanol–water partition coefficient (Wildman–Crippen LogP) is 6.92. The lowest BCUT2D eigenvalue weighted by Gasteiger charge is -2.20. The number of nitrogens with one attached hydrogen (secondary N) is 1. The van der Waals surface area contributed by atoms with Crippen LogP contribution in [-0.4, -0.2) is 17.8 Å². The van der Waals surface area contributed by atoms with Gasteiger partial charge in [0.15, 0.2) is 11.9 Å².